The zero-order valence-electron chi connectivity index (χ0n) is 14.9. The lowest BCUT2D eigenvalue weighted by atomic mass is 10.0. The summed E-state index contributed by atoms with van der Waals surface area (Å²) in [7, 11) is -2.44. The van der Waals surface area contributed by atoms with Crippen LogP contribution in [-0.2, 0) is 9.84 Å². The summed E-state index contributed by atoms with van der Waals surface area (Å²) >= 11 is 6.11. The van der Waals surface area contributed by atoms with Crippen molar-refractivity contribution in [3.63, 3.8) is 0 Å². The van der Waals surface area contributed by atoms with E-state index in [0.717, 1.165) is 5.56 Å². The summed E-state index contributed by atoms with van der Waals surface area (Å²) in [6, 6.07) is 18.1. The Morgan fingerprint density at radius 1 is 1.00 bits per heavy atom. The maximum Gasteiger partial charge on any atom is 0.189 e. The molecule has 0 saturated heterocycles. The highest BCUT2D eigenvalue weighted by molar-refractivity contribution is 7.92. The van der Waals surface area contributed by atoms with E-state index in [2.05, 4.69) is 0 Å². The summed E-state index contributed by atoms with van der Waals surface area (Å²) in [4.78, 5) is 0.167. The van der Waals surface area contributed by atoms with Gasteiger partial charge in [-0.1, -0.05) is 53.6 Å². The van der Waals surface area contributed by atoms with Crippen molar-refractivity contribution in [3.05, 3.63) is 88.4 Å². The van der Waals surface area contributed by atoms with E-state index in [1.165, 1.54) is 7.11 Å². The van der Waals surface area contributed by atoms with Crippen molar-refractivity contribution in [2.45, 2.75) is 17.1 Å². The molecule has 6 heteroatoms. The monoisotopic (exact) mass is 402 g/mol. The number of hydrogen-bond donors (Lipinski definition) is 1. The minimum atomic E-state index is -3.86. The molecular formula is C21H19ClO4S. The van der Waals surface area contributed by atoms with Crippen LogP contribution in [0, 0.1) is 6.92 Å². The number of aryl methyl sites for hydroxylation is 1. The minimum Gasteiger partial charge on any atom is -0.504 e. The summed E-state index contributed by atoms with van der Waals surface area (Å²) in [5.74, 6) is -0.000652. The molecule has 0 amide bonds. The van der Waals surface area contributed by atoms with Crippen molar-refractivity contribution in [2.75, 3.05) is 7.11 Å². The SMILES string of the molecule is COc1cccc(C(c2cccc(Cl)c2)S(=O)(=O)c2ccc(C)cc2)c1O. The molecule has 27 heavy (non-hydrogen) atoms. The maximum absolute atomic E-state index is 13.5. The number of rotatable bonds is 5. The number of hydrogen-bond acceptors (Lipinski definition) is 4. The fourth-order valence-corrected chi connectivity index (χ4v) is 4.99. The molecule has 1 unspecified atom stereocenters. The van der Waals surface area contributed by atoms with Crippen LogP contribution in [0.25, 0.3) is 0 Å². The number of sulfone groups is 1. The Balaban J connectivity index is 2.27. The van der Waals surface area contributed by atoms with Gasteiger partial charge in [-0.3, -0.25) is 0 Å². The highest BCUT2D eigenvalue weighted by atomic mass is 35.5. The quantitative estimate of drug-likeness (QED) is 0.657. The number of para-hydroxylation sites is 1. The fraction of sp³-hybridized carbons (Fsp3) is 0.143. The molecule has 1 atom stereocenters. The standard InChI is InChI=1S/C21H19ClO4S/c1-14-9-11-17(12-10-14)27(24,25)21(15-5-3-6-16(22)13-15)18-7-4-8-19(26-2)20(18)23/h3-13,21,23H,1-2H3. The fourth-order valence-electron chi connectivity index (χ4n) is 2.98. The van der Waals surface area contributed by atoms with E-state index < -0.39 is 15.1 Å². The number of phenolic OH excluding ortho intramolecular Hbond substituents is 1. The second kappa shape index (κ2) is 7.62. The van der Waals surface area contributed by atoms with E-state index in [-0.39, 0.29) is 22.0 Å². The maximum atomic E-state index is 13.5. The number of ether oxygens (including phenoxy) is 1. The summed E-state index contributed by atoms with van der Waals surface area (Å²) in [5, 5.41) is 9.91. The average Bonchev–Trinajstić information content (AvgIpc) is 2.64. The van der Waals surface area contributed by atoms with Crippen LogP contribution in [0.15, 0.2) is 71.6 Å². The number of benzene rings is 3. The van der Waals surface area contributed by atoms with Crippen LogP contribution in [0.4, 0.5) is 0 Å². The summed E-state index contributed by atoms with van der Waals surface area (Å²) < 4.78 is 32.2. The van der Waals surface area contributed by atoms with Crippen molar-refractivity contribution in [1.29, 1.82) is 0 Å². The van der Waals surface area contributed by atoms with Gasteiger partial charge < -0.3 is 9.84 Å². The van der Waals surface area contributed by atoms with E-state index in [1.807, 2.05) is 6.92 Å². The van der Waals surface area contributed by atoms with Crippen LogP contribution in [0.5, 0.6) is 11.5 Å². The van der Waals surface area contributed by atoms with Crippen LogP contribution in [-0.4, -0.2) is 20.6 Å². The molecule has 0 aliphatic carbocycles. The van der Waals surface area contributed by atoms with Crippen LogP contribution < -0.4 is 4.74 Å². The molecule has 0 heterocycles. The van der Waals surface area contributed by atoms with Crippen molar-refractivity contribution < 1.29 is 18.3 Å². The molecule has 0 aliphatic rings. The smallest absolute Gasteiger partial charge is 0.189 e. The number of methoxy groups -OCH3 is 1. The third-order valence-electron chi connectivity index (χ3n) is 4.34. The van der Waals surface area contributed by atoms with Gasteiger partial charge in [0.15, 0.2) is 21.3 Å². The molecule has 3 aromatic carbocycles. The molecule has 0 fully saturated rings. The van der Waals surface area contributed by atoms with Gasteiger partial charge in [-0.25, -0.2) is 8.42 Å². The minimum absolute atomic E-state index is 0.167. The molecule has 0 bridgehead atoms. The second-order valence-electron chi connectivity index (χ2n) is 6.19. The van der Waals surface area contributed by atoms with E-state index in [9.17, 15) is 13.5 Å². The first-order valence-corrected chi connectivity index (χ1v) is 10.2. The van der Waals surface area contributed by atoms with Crippen molar-refractivity contribution in [2.24, 2.45) is 0 Å². The van der Waals surface area contributed by atoms with Crippen molar-refractivity contribution in [1.82, 2.24) is 0 Å². The van der Waals surface area contributed by atoms with Gasteiger partial charge in [0.25, 0.3) is 0 Å². The number of aromatic hydroxyl groups is 1. The highest BCUT2D eigenvalue weighted by Gasteiger charge is 2.33. The zero-order valence-corrected chi connectivity index (χ0v) is 16.5. The van der Waals surface area contributed by atoms with Gasteiger partial charge in [0.05, 0.1) is 12.0 Å². The van der Waals surface area contributed by atoms with Crippen LogP contribution in [0.1, 0.15) is 21.9 Å². The Morgan fingerprint density at radius 2 is 1.67 bits per heavy atom. The molecule has 140 valence electrons. The summed E-state index contributed by atoms with van der Waals surface area (Å²) in [5.41, 5.74) is 1.65. The van der Waals surface area contributed by atoms with Gasteiger partial charge in [-0.15, -0.1) is 0 Å². The largest absolute Gasteiger partial charge is 0.504 e. The van der Waals surface area contributed by atoms with Crippen molar-refractivity contribution in [3.8, 4) is 11.5 Å². The normalized spacial score (nSPS) is 12.6. The Hall–Kier alpha value is -2.50. The third-order valence-corrected chi connectivity index (χ3v) is 6.65. The Bertz CT molecular complexity index is 1060. The molecule has 3 aromatic rings. The Labute approximate surface area is 163 Å². The van der Waals surface area contributed by atoms with Gasteiger partial charge in [0, 0.05) is 10.6 Å². The molecule has 0 saturated carbocycles. The van der Waals surface area contributed by atoms with Gasteiger partial charge in [0.1, 0.15) is 5.25 Å². The van der Waals surface area contributed by atoms with E-state index in [1.54, 1.807) is 66.7 Å². The predicted molar refractivity (Wildman–Crippen MR) is 106 cm³/mol. The lowest BCUT2D eigenvalue weighted by molar-refractivity contribution is 0.370. The Morgan fingerprint density at radius 3 is 2.30 bits per heavy atom. The van der Waals surface area contributed by atoms with E-state index in [4.69, 9.17) is 16.3 Å². The summed E-state index contributed by atoms with van der Waals surface area (Å²) in [6.45, 7) is 1.89. The lowest BCUT2D eigenvalue weighted by Crippen LogP contribution is -2.16. The van der Waals surface area contributed by atoms with Crippen LogP contribution in [0.3, 0.4) is 0 Å². The average molecular weight is 403 g/mol. The number of halogens is 1. The first kappa shape index (κ1) is 19.3. The zero-order chi connectivity index (χ0) is 19.6. The molecule has 3 rings (SSSR count). The third kappa shape index (κ3) is 3.80. The Kier molecular flexibility index (Phi) is 5.44. The first-order chi connectivity index (χ1) is 12.8. The van der Waals surface area contributed by atoms with Gasteiger partial charge in [-0.05, 0) is 42.8 Å². The molecule has 0 aliphatic heterocycles. The summed E-state index contributed by atoms with van der Waals surface area (Å²) in [6.07, 6.45) is 0. The number of phenols is 1. The molecule has 4 nitrogen and oxygen atoms in total. The van der Waals surface area contributed by atoms with E-state index >= 15 is 0 Å². The molecule has 0 spiro atoms. The van der Waals surface area contributed by atoms with Gasteiger partial charge in [0.2, 0.25) is 0 Å². The van der Waals surface area contributed by atoms with Crippen molar-refractivity contribution >= 4 is 21.4 Å². The van der Waals surface area contributed by atoms with Crippen LogP contribution >= 0.6 is 11.6 Å². The molecule has 0 aromatic heterocycles. The van der Waals surface area contributed by atoms with E-state index in [0.29, 0.717) is 10.6 Å². The predicted octanol–water partition coefficient (Wildman–Crippen LogP) is 4.93. The lowest BCUT2D eigenvalue weighted by Gasteiger charge is -2.21. The topological polar surface area (TPSA) is 63.6 Å². The first-order valence-electron chi connectivity index (χ1n) is 8.26. The molecule has 1 N–H and O–H groups in total. The van der Waals surface area contributed by atoms with Gasteiger partial charge in [-0.2, -0.15) is 0 Å². The molecular weight excluding hydrogens is 384 g/mol. The molecule has 0 radical (unpaired) electrons. The van der Waals surface area contributed by atoms with Gasteiger partial charge >= 0.3 is 0 Å². The van der Waals surface area contributed by atoms with Crippen LogP contribution in [0.2, 0.25) is 5.02 Å². The highest BCUT2D eigenvalue weighted by Crippen LogP contribution is 2.43. The second-order valence-corrected chi connectivity index (χ2v) is 8.66.